The minimum Gasteiger partial charge on any atom is -0.381 e. The van der Waals surface area contributed by atoms with Gasteiger partial charge in [0.05, 0.1) is 19.3 Å². The molecular weight excluding hydrogens is 308 g/mol. The Hall–Kier alpha value is -0.850. The van der Waals surface area contributed by atoms with Crippen LogP contribution in [0.5, 0.6) is 0 Å². The molecule has 0 aromatic rings. The summed E-state index contributed by atoms with van der Waals surface area (Å²) in [5.41, 5.74) is 0.0817. The average Bonchev–Trinajstić information content (AvgIpc) is 3.44. The molecule has 1 aliphatic carbocycles. The summed E-state index contributed by atoms with van der Waals surface area (Å²) in [6.45, 7) is 5.19. The molecule has 1 N–H and O–H groups in total. The van der Waals surface area contributed by atoms with Crippen molar-refractivity contribution in [3.8, 4) is 0 Å². The van der Waals surface area contributed by atoms with Gasteiger partial charge in [0.1, 0.15) is 0 Å². The molecule has 0 bridgehead atoms. The van der Waals surface area contributed by atoms with Gasteiger partial charge >= 0.3 is 6.03 Å². The molecule has 24 heavy (non-hydrogen) atoms. The van der Waals surface area contributed by atoms with E-state index >= 15 is 0 Å². The lowest BCUT2D eigenvalue weighted by Gasteiger charge is -2.39. The molecule has 4 aliphatic rings. The van der Waals surface area contributed by atoms with Gasteiger partial charge in [-0.25, -0.2) is 4.79 Å². The Morgan fingerprint density at radius 1 is 1.04 bits per heavy atom. The summed E-state index contributed by atoms with van der Waals surface area (Å²) in [6, 6.07) is 0.333. The predicted octanol–water partition coefficient (Wildman–Crippen LogP) is 1.78. The summed E-state index contributed by atoms with van der Waals surface area (Å²) in [5.74, 6) is 0.738. The van der Waals surface area contributed by atoms with E-state index in [2.05, 4.69) is 5.32 Å². The second kappa shape index (κ2) is 7.18. The lowest BCUT2D eigenvalue weighted by Crippen LogP contribution is -2.52. The highest BCUT2D eigenvalue weighted by molar-refractivity contribution is 5.74. The SMILES string of the molecule is O=C(N[C@@H]1CCO[C@@H](C2CC2)C1)N1CCOCC2(CCOCC2)C1. The molecular formula is C18H30N2O4. The Balaban J connectivity index is 1.34. The molecule has 2 amide bonds. The topological polar surface area (TPSA) is 60.0 Å². The van der Waals surface area contributed by atoms with Crippen molar-refractivity contribution in [3.05, 3.63) is 0 Å². The molecule has 3 aliphatic heterocycles. The van der Waals surface area contributed by atoms with Crippen molar-refractivity contribution in [2.24, 2.45) is 11.3 Å². The van der Waals surface area contributed by atoms with Crippen molar-refractivity contribution in [2.45, 2.75) is 50.7 Å². The van der Waals surface area contributed by atoms with Gasteiger partial charge in [0.2, 0.25) is 0 Å². The fraction of sp³-hybridized carbons (Fsp3) is 0.944. The average molecular weight is 338 g/mol. The number of carbonyl (C=O) groups is 1. The van der Waals surface area contributed by atoms with Gasteiger partial charge in [0.15, 0.2) is 0 Å². The third kappa shape index (κ3) is 3.86. The van der Waals surface area contributed by atoms with E-state index in [0.717, 1.165) is 64.6 Å². The van der Waals surface area contributed by atoms with Crippen LogP contribution in [-0.2, 0) is 14.2 Å². The standard InChI is InChI=1S/C18H30N2O4/c21-17(19-15-3-7-24-16(11-15)14-1-2-14)20-6-10-23-13-18(12-20)4-8-22-9-5-18/h14-16H,1-13H2,(H,19,21)/t15-,16-/m1/s1. The number of nitrogens with one attached hydrogen (secondary N) is 1. The Labute approximate surface area is 144 Å². The number of urea groups is 1. The minimum absolute atomic E-state index is 0.0767. The van der Waals surface area contributed by atoms with Gasteiger partial charge in [-0.1, -0.05) is 0 Å². The van der Waals surface area contributed by atoms with Gasteiger partial charge in [-0.2, -0.15) is 0 Å². The molecule has 3 saturated heterocycles. The van der Waals surface area contributed by atoms with Gasteiger partial charge in [0.25, 0.3) is 0 Å². The fourth-order valence-electron chi connectivity index (χ4n) is 4.29. The number of amides is 2. The molecule has 0 radical (unpaired) electrons. The van der Waals surface area contributed by atoms with Crippen molar-refractivity contribution < 1.29 is 19.0 Å². The maximum atomic E-state index is 12.8. The highest BCUT2D eigenvalue weighted by atomic mass is 16.5. The van der Waals surface area contributed by atoms with E-state index in [9.17, 15) is 4.79 Å². The van der Waals surface area contributed by atoms with Gasteiger partial charge in [0, 0.05) is 44.4 Å². The van der Waals surface area contributed by atoms with Crippen molar-refractivity contribution in [1.29, 1.82) is 0 Å². The van der Waals surface area contributed by atoms with Crippen LogP contribution in [0.1, 0.15) is 38.5 Å². The lowest BCUT2D eigenvalue weighted by atomic mass is 9.80. The summed E-state index contributed by atoms with van der Waals surface area (Å²) < 4.78 is 17.2. The van der Waals surface area contributed by atoms with E-state index < -0.39 is 0 Å². The van der Waals surface area contributed by atoms with Crippen LogP contribution in [0.2, 0.25) is 0 Å². The molecule has 0 unspecified atom stereocenters. The summed E-state index contributed by atoms with van der Waals surface area (Å²) in [6.07, 6.45) is 6.81. The van der Waals surface area contributed by atoms with Crippen LogP contribution in [0, 0.1) is 11.3 Å². The normalized spacial score (nSPS) is 33.9. The second-order valence-electron chi connectivity index (χ2n) is 8.00. The Bertz CT molecular complexity index is 448. The van der Waals surface area contributed by atoms with E-state index in [0.29, 0.717) is 19.3 Å². The van der Waals surface area contributed by atoms with Gasteiger partial charge in [-0.15, -0.1) is 0 Å². The van der Waals surface area contributed by atoms with E-state index in [1.807, 2.05) is 4.90 Å². The van der Waals surface area contributed by atoms with Crippen LogP contribution < -0.4 is 5.32 Å². The van der Waals surface area contributed by atoms with E-state index in [1.54, 1.807) is 0 Å². The first-order valence-electron chi connectivity index (χ1n) is 9.57. The molecule has 136 valence electrons. The molecule has 4 fully saturated rings. The summed E-state index contributed by atoms with van der Waals surface area (Å²) in [7, 11) is 0. The Kier molecular flexibility index (Phi) is 4.97. The first-order valence-corrected chi connectivity index (χ1v) is 9.57. The molecule has 6 heteroatoms. The molecule has 1 saturated carbocycles. The maximum Gasteiger partial charge on any atom is 0.317 e. The van der Waals surface area contributed by atoms with E-state index in [4.69, 9.17) is 14.2 Å². The third-order valence-corrected chi connectivity index (χ3v) is 6.07. The van der Waals surface area contributed by atoms with Crippen molar-refractivity contribution in [2.75, 3.05) is 46.1 Å². The van der Waals surface area contributed by atoms with E-state index in [-0.39, 0.29) is 17.5 Å². The first-order chi connectivity index (χ1) is 11.7. The van der Waals surface area contributed by atoms with Crippen LogP contribution in [0.3, 0.4) is 0 Å². The quantitative estimate of drug-likeness (QED) is 0.834. The van der Waals surface area contributed by atoms with E-state index in [1.165, 1.54) is 12.8 Å². The fourth-order valence-corrected chi connectivity index (χ4v) is 4.29. The Morgan fingerprint density at radius 3 is 2.67 bits per heavy atom. The number of hydrogen-bond donors (Lipinski definition) is 1. The molecule has 3 heterocycles. The summed E-state index contributed by atoms with van der Waals surface area (Å²) in [5, 5.41) is 3.27. The first kappa shape index (κ1) is 16.6. The largest absolute Gasteiger partial charge is 0.381 e. The van der Waals surface area contributed by atoms with Crippen LogP contribution in [0.15, 0.2) is 0 Å². The van der Waals surface area contributed by atoms with Crippen molar-refractivity contribution in [3.63, 3.8) is 0 Å². The highest BCUT2D eigenvalue weighted by Gasteiger charge is 2.39. The minimum atomic E-state index is 0.0767. The molecule has 1 spiro atoms. The monoisotopic (exact) mass is 338 g/mol. The Morgan fingerprint density at radius 2 is 1.88 bits per heavy atom. The number of ether oxygens (including phenoxy) is 3. The van der Waals surface area contributed by atoms with Gasteiger partial charge in [-0.3, -0.25) is 0 Å². The molecule has 4 rings (SSSR count). The zero-order valence-electron chi connectivity index (χ0n) is 14.5. The molecule has 0 aromatic heterocycles. The summed E-state index contributed by atoms with van der Waals surface area (Å²) >= 11 is 0. The van der Waals surface area contributed by atoms with Crippen molar-refractivity contribution >= 4 is 6.03 Å². The highest BCUT2D eigenvalue weighted by Crippen LogP contribution is 2.38. The van der Waals surface area contributed by atoms with Gasteiger partial charge in [-0.05, 0) is 44.4 Å². The molecule has 6 nitrogen and oxygen atoms in total. The van der Waals surface area contributed by atoms with Crippen LogP contribution in [0.25, 0.3) is 0 Å². The number of nitrogens with zero attached hydrogens (tertiary/aromatic N) is 1. The predicted molar refractivity (Wildman–Crippen MR) is 88.9 cm³/mol. The van der Waals surface area contributed by atoms with Crippen molar-refractivity contribution in [1.82, 2.24) is 10.2 Å². The molecule has 0 aromatic carbocycles. The van der Waals surface area contributed by atoms with Gasteiger partial charge < -0.3 is 24.4 Å². The zero-order chi connectivity index (χ0) is 16.4. The number of hydrogen-bond acceptors (Lipinski definition) is 4. The second-order valence-corrected chi connectivity index (χ2v) is 8.00. The smallest absolute Gasteiger partial charge is 0.317 e. The molecule has 2 atom stereocenters. The lowest BCUT2D eigenvalue weighted by molar-refractivity contribution is -0.0300. The zero-order valence-corrected chi connectivity index (χ0v) is 14.5. The number of rotatable bonds is 2. The van der Waals surface area contributed by atoms with Crippen LogP contribution in [0.4, 0.5) is 4.79 Å². The number of carbonyl (C=O) groups excluding carboxylic acids is 1. The maximum absolute atomic E-state index is 12.8. The van der Waals surface area contributed by atoms with Crippen LogP contribution >= 0.6 is 0 Å². The van der Waals surface area contributed by atoms with Crippen LogP contribution in [-0.4, -0.2) is 69.2 Å². The summed E-state index contributed by atoms with van der Waals surface area (Å²) in [4.78, 5) is 14.8. The third-order valence-electron chi connectivity index (χ3n) is 6.07.